The molecule has 0 bridgehead atoms. The molecule has 1 fully saturated rings. The quantitative estimate of drug-likeness (QED) is 0.853. The molecule has 1 aromatic rings. The van der Waals surface area contributed by atoms with Gasteiger partial charge in [0.1, 0.15) is 5.75 Å². The number of aliphatic carboxylic acids is 1. The van der Waals surface area contributed by atoms with E-state index < -0.39 is 5.97 Å². The molecule has 2 rings (SSSR count). The van der Waals surface area contributed by atoms with Crippen molar-refractivity contribution >= 4 is 17.6 Å². The third kappa shape index (κ3) is 2.70. The standard InChI is InChI=1S/C14H17NO4/c1-9(16)15-13-10(4-3-5-11(13)19-2)14(6-7-14)8-12(17)18/h3-5H,6-8H2,1-2H3,(H,15,16)(H,17,18). The fourth-order valence-electron chi connectivity index (χ4n) is 2.43. The number of hydrogen-bond acceptors (Lipinski definition) is 3. The van der Waals surface area contributed by atoms with Crippen molar-refractivity contribution in [3.05, 3.63) is 23.8 Å². The van der Waals surface area contributed by atoms with Crippen LogP contribution in [0.3, 0.4) is 0 Å². The Balaban J connectivity index is 2.44. The lowest BCUT2D eigenvalue weighted by Gasteiger charge is -2.20. The molecule has 2 N–H and O–H groups in total. The van der Waals surface area contributed by atoms with Crippen LogP contribution in [-0.4, -0.2) is 24.1 Å². The number of carboxylic acid groups (broad SMARTS) is 1. The van der Waals surface area contributed by atoms with Gasteiger partial charge in [0.25, 0.3) is 0 Å². The molecular formula is C14H17NO4. The van der Waals surface area contributed by atoms with Crippen LogP contribution in [0, 0.1) is 0 Å². The molecule has 0 unspecified atom stereocenters. The highest BCUT2D eigenvalue weighted by Gasteiger charge is 2.47. The molecule has 0 heterocycles. The Morgan fingerprint density at radius 3 is 2.58 bits per heavy atom. The summed E-state index contributed by atoms with van der Waals surface area (Å²) in [4.78, 5) is 22.3. The van der Waals surface area contributed by atoms with Gasteiger partial charge in [0, 0.05) is 12.3 Å². The Morgan fingerprint density at radius 2 is 2.11 bits per heavy atom. The molecular weight excluding hydrogens is 246 g/mol. The summed E-state index contributed by atoms with van der Waals surface area (Å²) in [6, 6.07) is 5.44. The minimum absolute atomic E-state index is 0.0761. The monoisotopic (exact) mass is 263 g/mol. The van der Waals surface area contributed by atoms with Crippen LogP contribution < -0.4 is 10.1 Å². The average Bonchev–Trinajstić information content (AvgIpc) is 3.08. The van der Waals surface area contributed by atoms with Crippen molar-refractivity contribution in [1.29, 1.82) is 0 Å². The smallest absolute Gasteiger partial charge is 0.304 e. The number of ether oxygens (including phenoxy) is 1. The summed E-state index contributed by atoms with van der Waals surface area (Å²) < 4.78 is 5.25. The van der Waals surface area contributed by atoms with E-state index >= 15 is 0 Å². The second-order valence-corrected chi connectivity index (χ2v) is 4.91. The van der Waals surface area contributed by atoms with E-state index in [1.807, 2.05) is 12.1 Å². The number of para-hydroxylation sites is 1. The number of benzene rings is 1. The molecule has 0 atom stereocenters. The van der Waals surface area contributed by atoms with E-state index in [9.17, 15) is 9.59 Å². The molecule has 0 aromatic heterocycles. The van der Waals surface area contributed by atoms with Crippen LogP contribution in [0.5, 0.6) is 5.75 Å². The molecule has 0 saturated heterocycles. The lowest BCUT2D eigenvalue weighted by molar-refractivity contribution is -0.137. The third-order valence-electron chi connectivity index (χ3n) is 3.46. The van der Waals surface area contributed by atoms with Gasteiger partial charge in [0.2, 0.25) is 5.91 Å². The van der Waals surface area contributed by atoms with Crippen molar-refractivity contribution < 1.29 is 19.4 Å². The van der Waals surface area contributed by atoms with Crippen molar-refractivity contribution in [1.82, 2.24) is 0 Å². The highest BCUT2D eigenvalue weighted by atomic mass is 16.5. The van der Waals surface area contributed by atoms with Gasteiger partial charge in [-0.25, -0.2) is 0 Å². The summed E-state index contributed by atoms with van der Waals surface area (Å²) in [6.07, 6.45) is 1.71. The van der Waals surface area contributed by atoms with Gasteiger partial charge in [-0.1, -0.05) is 12.1 Å². The van der Waals surface area contributed by atoms with Crippen LogP contribution in [0.25, 0.3) is 0 Å². The second kappa shape index (κ2) is 4.91. The predicted molar refractivity (Wildman–Crippen MR) is 70.5 cm³/mol. The number of hydrogen-bond donors (Lipinski definition) is 2. The molecule has 5 heteroatoms. The summed E-state index contributed by atoms with van der Waals surface area (Å²) in [5.74, 6) is -0.463. The fraction of sp³-hybridized carbons (Fsp3) is 0.429. The van der Waals surface area contributed by atoms with Crippen molar-refractivity contribution in [2.75, 3.05) is 12.4 Å². The number of rotatable bonds is 5. The zero-order valence-electron chi connectivity index (χ0n) is 11.0. The molecule has 1 aromatic carbocycles. The molecule has 19 heavy (non-hydrogen) atoms. The van der Waals surface area contributed by atoms with E-state index in [0.29, 0.717) is 11.4 Å². The van der Waals surface area contributed by atoms with Crippen LogP contribution in [-0.2, 0) is 15.0 Å². The molecule has 1 saturated carbocycles. The van der Waals surface area contributed by atoms with E-state index in [-0.39, 0.29) is 17.7 Å². The Bertz CT molecular complexity index is 520. The van der Waals surface area contributed by atoms with Gasteiger partial charge in [0.05, 0.1) is 19.2 Å². The number of amides is 1. The summed E-state index contributed by atoms with van der Waals surface area (Å²) in [5, 5.41) is 11.8. The minimum Gasteiger partial charge on any atom is -0.495 e. The minimum atomic E-state index is -0.825. The van der Waals surface area contributed by atoms with Gasteiger partial charge in [-0.05, 0) is 24.5 Å². The first-order valence-corrected chi connectivity index (χ1v) is 6.15. The first kappa shape index (κ1) is 13.4. The lowest BCUT2D eigenvalue weighted by Crippen LogP contribution is -2.17. The number of methoxy groups -OCH3 is 1. The average molecular weight is 263 g/mol. The predicted octanol–water partition coefficient (Wildman–Crippen LogP) is 2.16. The van der Waals surface area contributed by atoms with Gasteiger partial charge in [0.15, 0.2) is 0 Å². The third-order valence-corrected chi connectivity index (χ3v) is 3.46. The normalized spacial score (nSPS) is 15.7. The first-order chi connectivity index (χ1) is 8.98. The number of nitrogens with one attached hydrogen (secondary N) is 1. The second-order valence-electron chi connectivity index (χ2n) is 4.91. The van der Waals surface area contributed by atoms with Crippen molar-refractivity contribution in [2.24, 2.45) is 0 Å². The maximum absolute atomic E-state index is 11.3. The van der Waals surface area contributed by atoms with Gasteiger partial charge in [-0.15, -0.1) is 0 Å². The maximum Gasteiger partial charge on any atom is 0.304 e. The van der Waals surface area contributed by atoms with Gasteiger partial charge in [-0.2, -0.15) is 0 Å². The lowest BCUT2D eigenvalue weighted by atomic mass is 9.90. The zero-order chi connectivity index (χ0) is 14.0. The summed E-state index contributed by atoms with van der Waals surface area (Å²) >= 11 is 0. The number of carbonyl (C=O) groups excluding carboxylic acids is 1. The van der Waals surface area contributed by atoms with Gasteiger partial charge >= 0.3 is 5.97 Å². The van der Waals surface area contributed by atoms with Crippen molar-refractivity contribution in [2.45, 2.75) is 31.6 Å². The van der Waals surface area contributed by atoms with Crippen LogP contribution in [0.2, 0.25) is 0 Å². The SMILES string of the molecule is COc1cccc(C2(CC(=O)O)CC2)c1NC(C)=O. The van der Waals surface area contributed by atoms with E-state index in [2.05, 4.69) is 5.32 Å². The summed E-state index contributed by atoms with van der Waals surface area (Å²) in [7, 11) is 1.53. The van der Waals surface area contributed by atoms with Crippen LogP contribution in [0.1, 0.15) is 31.7 Å². The first-order valence-electron chi connectivity index (χ1n) is 6.15. The topological polar surface area (TPSA) is 75.6 Å². The molecule has 1 aliphatic carbocycles. The highest BCUT2D eigenvalue weighted by molar-refractivity contribution is 5.92. The van der Waals surface area contributed by atoms with E-state index in [1.54, 1.807) is 6.07 Å². The molecule has 1 amide bonds. The van der Waals surface area contributed by atoms with E-state index in [0.717, 1.165) is 18.4 Å². The number of carbonyl (C=O) groups is 2. The van der Waals surface area contributed by atoms with Gasteiger partial charge in [-0.3, -0.25) is 9.59 Å². The molecule has 0 aliphatic heterocycles. The van der Waals surface area contributed by atoms with Gasteiger partial charge < -0.3 is 15.2 Å². The molecule has 0 spiro atoms. The summed E-state index contributed by atoms with van der Waals surface area (Å²) in [6.45, 7) is 1.42. The van der Waals surface area contributed by atoms with Crippen molar-refractivity contribution in [3.8, 4) is 5.75 Å². The maximum atomic E-state index is 11.3. The van der Waals surface area contributed by atoms with E-state index in [4.69, 9.17) is 9.84 Å². The van der Waals surface area contributed by atoms with Crippen LogP contribution >= 0.6 is 0 Å². The van der Waals surface area contributed by atoms with Crippen molar-refractivity contribution in [3.63, 3.8) is 0 Å². The van der Waals surface area contributed by atoms with Crippen LogP contribution in [0.4, 0.5) is 5.69 Å². The number of anilines is 1. The largest absolute Gasteiger partial charge is 0.495 e. The Kier molecular flexibility index (Phi) is 3.46. The molecule has 0 radical (unpaired) electrons. The summed E-state index contributed by atoms with van der Waals surface area (Å²) in [5.41, 5.74) is 1.08. The van der Waals surface area contributed by atoms with E-state index in [1.165, 1.54) is 14.0 Å². The molecule has 1 aliphatic rings. The Morgan fingerprint density at radius 1 is 1.42 bits per heavy atom. The highest BCUT2D eigenvalue weighted by Crippen LogP contribution is 2.54. The zero-order valence-corrected chi connectivity index (χ0v) is 11.0. The Labute approximate surface area is 111 Å². The molecule has 102 valence electrons. The molecule has 5 nitrogen and oxygen atoms in total. The van der Waals surface area contributed by atoms with Crippen LogP contribution in [0.15, 0.2) is 18.2 Å². The Hall–Kier alpha value is -2.04. The fourth-order valence-corrected chi connectivity index (χ4v) is 2.43. The number of carboxylic acids is 1.